The summed E-state index contributed by atoms with van der Waals surface area (Å²) in [6, 6.07) is 12.7. The number of Topliss-reactive ketones (excluding diaryl/α,β-unsaturated/α-hetero) is 1. The van der Waals surface area contributed by atoms with Crippen molar-refractivity contribution >= 4 is 23.6 Å². The molecule has 0 amide bonds. The van der Waals surface area contributed by atoms with Crippen molar-refractivity contribution in [3.8, 4) is 11.5 Å². The first kappa shape index (κ1) is 12.8. The fourth-order valence-corrected chi connectivity index (χ4v) is 3.14. The Balaban J connectivity index is 2.02. The number of ketones is 1. The summed E-state index contributed by atoms with van der Waals surface area (Å²) in [7, 11) is 1.50. The Morgan fingerprint density at radius 2 is 1.95 bits per heavy atom. The van der Waals surface area contributed by atoms with Crippen molar-refractivity contribution in [2.24, 2.45) is 0 Å². The quantitative estimate of drug-likeness (QED) is 0.854. The van der Waals surface area contributed by atoms with Gasteiger partial charge >= 0.3 is 0 Å². The third-order valence-electron chi connectivity index (χ3n) is 3.11. The SMILES string of the molecule is COc1cccc(/C=C2/Sc3ccccc3C2=O)c1O. The van der Waals surface area contributed by atoms with E-state index in [-0.39, 0.29) is 11.5 Å². The fourth-order valence-electron chi connectivity index (χ4n) is 2.10. The zero-order chi connectivity index (χ0) is 14.1. The number of para-hydroxylation sites is 1. The minimum absolute atomic E-state index is 0.00665. The first-order chi connectivity index (χ1) is 9.70. The van der Waals surface area contributed by atoms with E-state index < -0.39 is 0 Å². The van der Waals surface area contributed by atoms with Gasteiger partial charge in [-0.05, 0) is 24.3 Å². The minimum Gasteiger partial charge on any atom is -0.504 e. The van der Waals surface area contributed by atoms with E-state index in [4.69, 9.17) is 4.74 Å². The largest absolute Gasteiger partial charge is 0.504 e. The highest BCUT2D eigenvalue weighted by Gasteiger charge is 2.25. The summed E-state index contributed by atoms with van der Waals surface area (Å²) in [5.41, 5.74) is 1.29. The molecule has 0 radical (unpaired) electrons. The molecule has 3 nitrogen and oxygen atoms in total. The highest BCUT2D eigenvalue weighted by atomic mass is 32.2. The number of carbonyl (C=O) groups is 1. The minimum atomic E-state index is -0.00665. The lowest BCUT2D eigenvalue weighted by molar-refractivity contribution is 0.104. The molecule has 2 aromatic carbocycles. The molecule has 3 rings (SSSR count). The third kappa shape index (κ3) is 2.08. The van der Waals surface area contributed by atoms with Crippen LogP contribution in [0.25, 0.3) is 6.08 Å². The van der Waals surface area contributed by atoms with Gasteiger partial charge in [0.05, 0.1) is 12.0 Å². The second kappa shape index (κ2) is 5.06. The van der Waals surface area contributed by atoms with Gasteiger partial charge in [0.1, 0.15) is 0 Å². The smallest absolute Gasteiger partial charge is 0.200 e. The number of carbonyl (C=O) groups excluding carboxylic acids is 1. The molecular weight excluding hydrogens is 272 g/mol. The van der Waals surface area contributed by atoms with E-state index in [2.05, 4.69) is 0 Å². The number of phenolic OH excluding ortho intramolecular Hbond substituents is 1. The Bertz CT molecular complexity index is 719. The maximum atomic E-state index is 12.3. The van der Waals surface area contributed by atoms with E-state index >= 15 is 0 Å². The summed E-state index contributed by atoms with van der Waals surface area (Å²) in [5.74, 6) is 0.437. The van der Waals surface area contributed by atoms with E-state index in [1.54, 1.807) is 24.3 Å². The molecule has 0 bridgehead atoms. The number of hydrogen-bond donors (Lipinski definition) is 1. The molecule has 1 aliphatic heterocycles. The number of fused-ring (bicyclic) bond motifs is 1. The number of allylic oxidation sites excluding steroid dienone is 1. The van der Waals surface area contributed by atoms with Gasteiger partial charge in [-0.15, -0.1) is 0 Å². The Kier molecular flexibility index (Phi) is 3.24. The summed E-state index contributed by atoms with van der Waals surface area (Å²) in [6.07, 6.45) is 1.70. The lowest BCUT2D eigenvalue weighted by Crippen LogP contribution is -1.94. The highest BCUT2D eigenvalue weighted by molar-refractivity contribution is 8.04. The summed E-state index contributed by atoms with van der Waals surface area (Å²) in [4.78, 5) is 13.8. The lowest BCUT2D eigenvalue weighted by atomic mass is 10.1. The van der Waals surface area contributed by atoms with Crippen molar-refractivity contribution in [1.82, 2.24) is 0 Å². The number of phenols is 1. The molecule has 0 atom stereocenters. The third-order valence-corrected chi connectivity index (χ3v) is 4.21. The van der Waals surface area contributed by atoms with Gasteiger partial charge in [0.25, 0.3) is 0 Å². The normalized spacial score (nSPS) is 15.4. The number of rotatable bonds is 2. The van der Waals surface area contributed by atoms with Crippen LogP contribution in [0.1, 0.15) is 15.9 Å². The van der Waals surface area contributed by atoms with E-state index in [9.17, 15) is 9.90 Å². The molecule has 0 spiro atoms. The molecule has 0 fully saturated rings. The summed E-state index contributed by atoms with van der Waals surface area (Å²) >= 11 is 1.42. The Labute approximate surface area is 120 Å². The number of ether oxygens (including phenoxy) is 1. The van der Waals surface area contributed by atoms with Crippen LogP contribution in [0.2, 0.25) is 0 Å². The van der Waals surface area contributed by atoms with E-state index in [0.29, 0.717) is 21.8 Å². The van der Waals surface area contributed by atoms with Crippen LogP contribution in [0, 0.1) is 0 Å². The molecule has 1 N–H and O–H groups in total. The van der Waals surface area contributed by atoms with Gasteiger partial charge < -0.3 is 9.84 Å². The van der Waals surface area contributed by atoms with Crippen LogP contribution in [0.15, 0.2) is 52.3 Å². The Morgan fingerprint density at radius 3 is 2.70 bits per heavy atom. The average molecular weight is 284 g/mol. The van der Waals surface area contributed by atoms with Crippen molar-refractivity contribution in [2.75, 3.05) is 7.11 Å². The van der Waals surface area contributed by atoms with Crippen molar-refractivity contribution in [3.05, 3.63) is 58.5 Å². The Morgan fingerprint density at radius 1 is 1.15 bits per heavy atom. The predicted octanol–water partition coefficient (Wildman–Crippen LogP) is 3.73. The first-order valence-corrected chi connectivity index (χ1v) is 6.91. The highest BCUT2D eigenvalue weighted by Crippen LogP contribution is 2.42. The second-order valence-electron chi connectivity index (χ2n) is 4.33. The van der Waals surface area contributed by atoms with Crippen LogP contribution in [0.3, 0.4) is 0 Å². The van der Waals surface area contributed by atoms with Crippen LogP contribution in [0.5, 0.6) is 11.5 Å². The van der Waals surface area contributed by atoms with Crippen LogP contribution in [0.4, 0.5) is 0 Å². The zero-order valence-electron chi connectivity index (χ0n) is 10.8. The van der Waals surface area contributed by atoms with Crippen molar-refractivity contribution in [1.29, 1.82) is 0 Å². The van der Waals surface area contributed by atoms with Gasteiger partial charge in [-0.3, -0.25) is 4.79 Å². The summed E-state index contributed by atoms with van der Waals surface area (Å²) in [6.45, 7) is 0. The van der Waals surface area contributed by atoms with Gasteiger partial charge in [-0.1, -0.05) is 36.0 Å². The molecule has 1 heterocycles. The number of thioether (sulfide) groups is 1. The van der Waals surface area contributed by atoms with Crippen LogP contribution in [-0.2, 0) is 0 Å². The van der Waals surface area contributed by atoms with Crippen molar-refractivity contribution in [3.63, 3.8) is 0 Å². The number of benzene rings is 2. The number of methoxy groups -OCH3 is 1. The van der Waals surface area contributed by atoms with E-state index in [1.807, 2.05) is 24.3 Å². The summed E-state index contributed by atoms with van der Waals surface area (Å²) in [5, 5.41) is 10.1. The molecular formula is C16H12O3S. The lowest BCUT2D eigenvalue weighted by Gasteiger charge is -2.05. The fraction of sp³-hybridized carbons (Fsp3) is 0.0625. The van der Waals surface area contributed by atoms with Crippen LogP contribution in [-0.4, -0.2) is 18.0 Å². The average Bonchev–Trinajstić information content (AvgIpc) is 2.78. The second-order valence-corrected chi connectivity index (χ2v) is 5.42. The molecule has 0 unspecified atom stereocenters. The molecule has 20 heavy (non-hydrogen) atoms. The van der Waals surface area contributed by atoms with Gasteiger partial charge in [-0.25, -0.2) is 0 Å². The van der Waals surface area contributed by atoms with Gasteiger partial charge in [0, 0.05) is 16.0 Å². The van der Waals surface area contributed by atoms with Crippen LogP contribution < -0.4 is 4.74 Å². The van der Waals surface area contributed by atoms with Crippen LogP contribution >= 0.6 is 11.8 Å². The number of aromatic hydroxyl groups is 1. The molecule has 0 saturated heterocycles. The van der Waals surface area contributed by atoms with Crippen molar-refractivity contribution < 1.29 is 14.6 Å². The van der Waals surface area contributed by atoms with Gasteiger partial charge in [-0.2, -0.15) is 0 Å². The molecule has 0 aliphatic carbocycles. The van der Waals surface area contributed by atoms with Crippen molar-refractivity contribution in [2.45, 2.75) is 4.90 Å². The molecule has 0 saturated carbocycles. The predicted molar refractivity (Wildman–Crippen MR) is 79.3 cm³/mol. The monoisotopic (exact) mass is 284 g/mol. The van der Waals surface area contributed by atoms with Gasteiger partial charge in [0.15, 0.2) is 11.5 Å². The van der Waals surface area contributed by atoms with E-state index in [1.165, 1.54) is 18.9 Å². The molecule has 2 aromatic rings. The zero-order valence-corrected chi connectivity index (χ0v) is 11.6. The molecule has 4 heteroatoms. The Hall–Kier alpha value is -2.20. The topological polar surface area (TPSA) is 46.5 Å². The molecule has 1 aliphatic rings. The standard InChI is InChI=1S/C16H12O3S/c1-19-12-7-4-5-10(15(12)17)9-14-16(18)11-6-2-3-8-13(11)20-14/h2-9,17H,1H3/b14-9+. The molecule has 0 aromatic heterocycles. The maximum Gasteiger partial charge on any atom is 0.200 e. The summed E-state index contributed by atoms with van der Waals surface area (Å²) < 4.78 is 5.07. The first-order valence-electron chi connectivity index (χ1n) is 6.10. The molecule has 100 valence electrons. The van der Waals surface area contributed by atoms with E-state index in [0.717, 1.165) is 4.90 Å². The maximum absolute atomic E-state index is 12.3. The number of hydrogen-bond acceptors (Lipinski definition) is 4. The van der Waals surface area contributed by atoms with Gasteiger partial charge in [0.2, 0.25) is 5.78 Å².